The van der Waals surface area contributed by atoms with E-state index < -0.39 is 0 Å². The molecule has 1 atom stereocenters. The first-order valence-corrected chi connectivity index (χ1v) is 6.80. The predicted octanol–water partition coefficient (Wildman–Crippen LogP) is 3.11. The molecule has 0 aromatic heterocycles. The number of hydrogen-bond donors (Lipinski definition) is 1. The molecule has 0 unspecified atom stereocenters. The molecule has 0 bridgehead atoms. The number of carbonyl (C=O) groups is 1. The van der Waals surface area contributed by atoms with Crippen LogP contribution in [0.1, 0.15) is 33.9 Å². The quantitative estimate of drug-likeness (QED) is 0.908. The number of benzene rings is 2. The second-order valence-corrected chi connectivity index (χ2v) is 5.00. The highest BCUT2D eigenvalue weighted by Crippen LogP contribution is 2.27. The van der Waals surface area contributed by atoms with Gasteiger partial charge < -0.3 is 10.1 Å². The number of aryl methyl sites for hydroxylation is 1. The molecule has 0 radical (unpaired) electrons. The lowest BCUT2D eigenvalue weighted by Crippen LogP contribution is -2.26. The van der Waals surface area contributed by atoms with Crippen LogP contribution in [0.3, 0.4) is 0 Å². The molecule has 2 aromatic rings. The number of amides is 1. The van der Waals surface area contributed by atoms with Gasteiger partial charge in [0.1, 0.15) is 5.75 Å². The van der Waals surface area contributed by atoms with Crippen LogP contribution >= 0.6 is 0 Å². The summed E-state index contributed by atoms with van der Waals surface area (Å²) in [6, 6.07) is 15.8. The Hall–Kier alpha value is -2.29. The highest BCUT2D eigenvalue weighted by Gasteiger charge is 2.22. The van der Waals surface area contributed by atoms with Crippen LogP contribution in [-0.2, 0) is 6.42 Å². The molecule has 0 saturated heterocycles. The summed E-state index contributed by atoms with van der Waals surface area (Å²) in [4.78, 5) is 12.3. The maximum Gasteiger partial charge on any atom is 0.252 e. The summed E-state index contributed by atoms with van der Waals surface area (Å²) in [7, 11) is 1.64. The minimum Gasteiger partial charge on any atom is -0.497 e. The zero-order valence-corrected chi connectivity index (χ0v) is 11.4. The molecular formula is C17H17NO2. The van der Waals surface area contributed by atoms with Crippen LogP contribution in [0.5, 0.6) is 5.75 Å². The zero-order chi connectivity index (χ0) is 13.9. The molecule has 0 aliphatic carbocycles. The summed E-state index contributed by atoms with van der Waals surface area (Å²) >= 11 is 0. The van der Waals surface area contributed by atoms with E-state index in [1.54, 1.807) is 7.11 Å². The molecule has 102 valence electrons. The number of nitrogens with one attached hydrogen (secondary N) is 1. The van der Waals surface area contributed by atoms with E-state index in [9.17, 15) is 4.79 Å². The van der Waals surface area contributed by atoms with E-state index in [-0.39, 0.29) is 11.9 Å². The first-order chi connectivity index (χ1) is 9.78. The molecule has 2 aromatic carbocycles. The van der Waals surface area contributed by atoms with Crippen molar-refractivity contribution < 1.29 is 9.53 Å². The van der Waals surface area contributed by atoms with Crippen molar-refractivity contribution in [1.82, 2.24) is 5.32 Å². The summed E-state index contributed by atoms with van der Waals surface area (Å²) in [5.41, 5.74) is 2.96. The second kappa shape index (κ2) is 5.37. The Labute approximate surface area is 118 Å². The lowest BCUT2D eigenvalue weighted by atomic mass is 9.99. The second-order valence-electron chi connectivity index (χ2n) is 5.00. The Kier molecular flexibility index (Phi) is 3.42. The van der Waals surface area contributed by atoms with Crippen molar-refractivity contribution in [3.05, 3.63) is 65.2 Å². The Morgan fingerprint density at radius 3 is 2.70 bits per heavy atom. The molecule has 0 fully saturated rings. The third-order valence-electron chi connectivity index (χ3n) is 3.77. The SMILES string of the molecule is COc1ccc2c(c1)CC[C@H](c1ccccc1)NC2=O. The highest BCUT2D eigenvalue weighted by atomic mass is 16.5. The fourth-order valence-corrected chi connectivity index (χ4v) is 2.67. The minimum atomic E-state index is -0.00555. The average molecular weight is 267 g/mol. The maximum atomic E-state index is 12.3. The molecule has 1 heterocycles. The van der Waals surface area contributed by atoms with Gasteiger partial charge in [0.05, 0.1) is 13.2 Å². The molecule has 3 nitrogen and oxygen atoms in total. The third kappa shape index (κ3) is 2.39. The van der Waals surface area contributed by atoms with Gasteiger partial charge in [0.15, 0.2) is 0 Å². The zero-order valence-electron chi connectivity index (χ0n) is 11.4. The van der Waals surface area contributed by atoms with Crippen molar-refractivity contribution in [2.24, 2.45) is 0 Å². The number of rotatable bonds is 2. The van der Waals surface area contributed by atoms with Crippen molar-refractivity contribution >= 4 is 5.91 Å². The van der Waals surface area contributed by atoms with E-state index >= 15 is 0 Å². The van der Waals surface area contributed by atoms with Crippen molar-refractivity contribution in [2.45, 2.75) is 18.9 Å². The van der Waals surface area contributed by atoms with Crippen LogP contribution in [-0.4, -0.2) is 13.0 Å². The summed E-state index contributed by atoms with van der Waals surface area (Å²) in [6.45, 7) is 0. The number of hydrogen-bond acceptors (Lipinski definition) is 2. The predicted molar refractivity (Wildman–Crippen MR) is 78.0 cm³/mol. The first-order valence-electron chi connectivity index (χ1n) is 6.80. The van der Waals surface area contributed by atoms with E-state index in [0.29, 0.717) is 0 Å². The van der Waals surface area contributed by atoms with E-state index in [0.717, 1.165) is 35.3 Å². The van der Waals surface area contributed by atoms with Gasteiger partial charge in [-0.2, -0.15) is 0 Å². The maximum absolute atomic E-state index is 12.3. The molecule has 1 amide bonds. The van der Waals surface area contributed by atoms with Crippen LogP contribution < -0.4 is 10.1 Å². The Morgan fingerprint density at radius 1 is 1.15 bits per heavy atom. The van der Waals surface area contributed by atoms with Gasteiger partial charge in [0, 0.05) is 5.56 Å². The molecule has 3 rings (SSSR count). The van der Waals surface area contributed by atoms with E-state index in [1.807, 2.05) is 36.4 Å². The van der Waals surface area contributed by atoms with Gasteiger partial charge in [-0.15, -0.1) is 0 Å². The van der Waals surface area contributed by atoms with Crippen molar-refractivity contribution in [1.29, 1.82) is 0 Å². The first kappa shape index (κ1) is 12.7. The molecule has 0 saturated carbocycles. The van der Waals surface area contributed by atoms with E-state index in [2.05, 4.69) is 17.4 Å². The van der Waals surface area contributed by atoms with E-state index in [1.165, 1.54) is 0 Å². The molecule has 1 N–H and O–H groups in total. The van der Waals surface area contributed by atoms with Crippen LogP contribution in [0.15, 0.2) is 48.5 Å². The van der Waals surface area contributed by atoms with Crippen LogP contribution in [0.2, 0.25) is 0 Å². The van der Waals surface area contributed by atoms with Crippen molar-refractivity contribution in [3.8, 4) is 5.75 Å². The van der Waals surface area contributed by atoms with Gasteiger partial charge in [0.25, 0.3) is 5.91 Å². The van der Waals surface area contributed by atoms with Crippen LogP contribution in [0.4, 0.5) is 0 Å². The summed E-state index contributed by atoms with van der Waals surface area (Å²) in [5, 5.41) is 3.11. The topological polar surface area (TPSA) is 38.3 Å². The fourth-order valence-electron chi connectivity index (χ4n) is 2.67. The van der Waals surface area contributed by atoms with Gasteiger partial charge >= 0.3 is 0 Å². The molecule has 0 spiro atoms. The fraction of sp³-hybridized carbons (Fsp3) is 0.235. The van der Waals surface area contributed by atoms with Gasteiger partial charge in [-0.3, -0.25) is 4.79 Å². The number of carbonyl (C=O) groups excluding carboxylic acids is 1. The largest absolute Gasteiger partial charge is 0.497 e. The molecule has 1 aliphatic rings. The molecule has 1 aliphatic heterocycles. The summed E-state index contributed by atoms with van der Waals surface area (Å²) in [6.07, 6.45) is 1.76. The van der Waals surface area contributed by atoms with Crippen molar-refractivity contribution in [2.75, 3.05) is 7.11 Å². The van der Waals surface area contributed by atoms with Gasteiger partial charge in [0.2, 0.25) is 0 Å². The Morgan fingerprint density at radius 2 is 1.95 bits per heavy atom. The molecule has 20 heavy (non-hydrogen) atoms. The van der Waals surface area contributed by atoms with Gasteiger partial charge in [-0.05, 0) is 42.2 Å². The Balaban J connectivity index is 1.90. The highest BCUT2D eigenvalue weighted by molar-refractivity contribution is 5.96. The van der Waals surface area contributed by atoms with Crippen molar-refractivity contribution in [3.63, 3.8) is 0 Å². The monoisotopic (exact) mass is 267 g/mol. The lowest BCUT2D eigenvalue weighted by Gasteiger charge is -2.15. The van der Waals surface area contributed by atoms with Gasteiger partial charge in [-0.25, -0.2) is 0 Å². The summed E-state index contributed by atoms with van der Waals surface area (Å²) < 4.78 is 5.24. The average Bonchev–Trinajstić information content (AvgIpc) is 2.67. The normalized spacial score (nSPS) is 17.9. The van der Waals surface area contributed by atoms with E-state index in [4.69, 9.17) is 4.74 Å². The van der Waals surface area contributed by atoms with Crippen LogP contribution in [0.25, 0.3) is 0 Å². The van der Waals surface area contributed by atoms with Crippen LogP contribution in [0, 0.1) is 0 Å². The number of methoxy groups -OCH3 is 1. The summed E-state index contributed by atoms with van der Waals surface area (Å²) in [5.74, 6) is 0.795. The molecule has 3 heteroatoms. The van der Waals surface area contributed by atoms with Gasteiger partial charge in [-0.1, -0.05) is 30.3 Å². The Bertz CT molecular complexity index is 622. The lowest BCUT2D eigenvalue weighted by molar-refractivity contribution is 0.0939. The smallest absolute Gasteiger partial charge is 0.252 e. The molecular weight excluding hydrogens is 250 g/mol. The number of fused-ring (bicyclic) bond motifs is 1. The number of ether oxygens (including phenoxy) is 1. The minimum absolute atomic E-state index is 0.00555. The standard InChI is InChI=1S/C17H17NO2/c1-20-14-8-9-15-13(11-14)7-10-16(18-17(15)19)12-5-3-2-4-6-12/h2-6,8-9,11,16H,7,10H2,1H3,(H,18,19)/t16-/m1/s1. The third-order valence-corrected chi connectivity index (χ3v) is 3.77.